The number of carboxylic acid groups (broad SMARTS) is 1. The number of aryl methyl sites for hydroxylation is 3. The Balaban J connectivity index is 2.10. The van der Waals surface area contributed by atoms with Crippen LogP contribution < -0.4 is 0 Å². The number of alkyl halides is 3. The molecule has 2 heterocycles. The van der Waals surface area contributed by atoms with Crippen LogP contribution in [0.25, 0.3) is 5.57 Å². The standard InChI is InChI=1S/C31H33BF4N2O2/c1-15-13-16(2)24(17(3)14-15)27(29-19(5)26(30(39)40)21(7)38(29)32(8)36)28-18(4)25(20(6)37-28)22-11-9-10-12-23(22)31(33,34)35/h9-14,27-28H,1-8H3,(H,39,40). The lowest BCUT2D eigenvalue weighted by Crippen LogP contribution is -2.28. The summed E-state index contributed by atoms with van der Waals surface area (Å²) >= 11 is 0. The highest BCUT2D eigenvalue weighted by molar-refractivity contribution is 6.48. The topological polar surface area (TPSA) is 54.6 Å². The van der Waals surface area contributed by atoms with Crippen LogP contribution in [0.5, 0.6) is 0 Å². The Labute approximate surface area is 232 Å². The maximum atomic E-state index is 15.3. The normalized spacial score (nSPS) is 16.4. The number of halogens is 4. The average Bonchev–Trinajstić information content (AvgIpc) is 3.26. The first kappa shape index (κ1) is 29.4. The van der Waals surface area contributed by atoms with Gasteiger partial charge in [0.1, 0.15) is 0 Å². The number of aliphatic imine (C=N–C) groups is 1. The van der Waals surface area contributed by atoms with Crippen LogP contribution in [0.15, 0.2) is 47.0 Å². The highest BCUT2D eigenvalue weighted by Gasteiger charge is 2.41. The Bertz CT molecular complexity index is 1560. The molecule has 0 bridgehead atoms. The minimum Gasteiger partial charge on any atom is -0.478 e. The molecule has 2 aromatic carbocycles. The second-order valence-corrected chi connectivity index (χ2v) is 10.8. The molecule has 0 saturated carbocycles. The number of carbonyl (C=O) groups is 1. The van der Waals surface area contributed by atoms with Gasteiger partial charge in [-0.2, -0.15) is 13.2 Å². The second-order valence-electron chi connectivity index (χ2n) is 10.8. The molecule has 2 atom stereocenters. The number of allylic oxidation sites excluding steroid dienone is 1. The van der Waals surface area contributed by atoms with Crippen LogP contribution in [0.4, 0.5) is 17.5 Å². The van der Waals surface area contributed by atoms with E-state index < -0.39 is 36.8 Å². The van der Waals surface area contributed by atoms with Gasteiger partial charge in [-0.15, -0.1) is 0 Å². The van der Waals surface area contributed by atoms with Crippen molar-refractivity contribution in [1.82, 2.24) is 4.48 Å². The predicted molar refractivity (Wildman–Crippen MR) is 152 cm³/mol. The van der Waals surface area contributed by atoms with E-state index in [0.717, 1.165) is 28.3 Å². The maximum Gasteiger partial charge on any atom is 0.461 e. The number of carboxylic acids is 1. The summed E-state index contributed by atoms with van der Waals surface area (Å²) in [5.74, 6) is -1.80. The number of hydrogen-bond acceptors (Lipinski definition) is 2. The monoisotopic (exact) mass is 552 g/mol. The van der Waals surface area contributed by atoms with Crippen molar-refractivity contribution in [3.63, 3.8) is 0 Å². The zero-order chi connectivity index (χ0) is 29.8. The van der Waals surface area contributed by atoms with Gasteiger partial charge in [-0.05, 0) is 94.7 Å². The lowest BCUT2D eigenvalue weighted by molar-refractivity contribution is -0.137. The van der Waals surface area contributed by atoms with E-state index in [0.29, 0.717) is 28.1 Å². The molecule has 1 aliphatic rings. The summed E-state index contributed by atoms with van der Waals surface area (Å²) in [5.41, 5.74) is 5.68. The first-order valence-corrected chi connectivity index (χ1v) is 13.2. The fourth-order valence-corrected chi connectivity index (χ4v) is 6.65. The van der Waals surface area contributed by atoms with Crippen LogP contribution in [-0.4, -0.2) is 34.4 Å². The Morgan fingerprint density at radius 3 is 2.12 bits per heavy atom. The van der Waals surface area contributed by atoms with Gasteiger partial charge >= 0.3 is 19.3 Å². The molecule has 1 aromatic heterocycles. The summed E-state index contributed by atoms with van der Waals surface area (Å²) in [6.07, 6.45) is -4.56. The Hall–Kier alpha value is -3.62. The number of benzene rings is 2. The third-order valence-corrected chi connectivity index (χ3v) is 8.01. The average molecular weight is 552 g/mol. The number of aromatic nitrogens is 1. The number of nitrogens with zero attached hydrogens (tertiary/aromatic N) is 2. The Morgan fingerprint density at radius 1 is 1.02 bits per heavy atom. The van der Waals surface area contributed by atoms with Gasteiger partial charge in [0.15, 0.2) is 0 Å². The van der Waals surface area contributed by atoms with Gasteiger partial charge in [0.05, 0.1) is 23.1 Å². The third kappa shape index (κ3) is 4.80. The summed E-state index contributed by atoms with van der Waals surface area (Å²) in [4.78, 5) is 17.2. The van der Waals surface area contributed by atoms with E-state index in [1.165, 1.54) is 23.4 Å². The van der Waals surface area contributed by atoms with Gasteiger partial charge in [-0.3, -0.25) is 4.99 Å². The number of hydrogen-bond donors (Lipinski definition) is 1. The van der Waals surface area contributed by atoms with Crippen molar-refractivity contribution >= 4 is 24.4 Å². The van der Waals surface area contributed by atoms with E-state index in [1.807, 2.05) is 32.9 Å². The molecule has 9 heteroatoms. The predicted octanol–water partition coefficient (Wildman–Crippen LogP) is 8.13. The molecule has 1 N–H and O–H groups in total. The van der Waals surface area contributed by atoms with E-state index in [2.05, 4.69) is 0 Å². The van der Waals surface area contributed by atoms with E-state index in [-0.39, 0.29) is 16.8 Å². The molecular weight excluding hydrogens is 519 g/mol. The van der Waals surface area contributed by atoms with E-state index >= 15 is 4.32 Å². The van der Waals surface area contributed by atoms with Crippen molar-refractivity contribution in [3.05, 3.63) is 97.9 Å². The van der Waals surface area contributed by atoms with Crippen molar-refractivity contribution in [2.75, 3.05) is 0 Å². The number of aromatic carboxylic acids is 1. The van der Waals surface area contributed by atoms with E-state index in [9.17, 15) is 23.1 Å². The zero-order valence-corrected chi connectivity index (χ0v) is 24.0. The summed E-state index contributed by atoms with van der Waals surface area (Å²) in [5, 5.41) is 10.0. The Morgan fingerprint density at radius 2 is 1.60 bits per heavy atom. The van der Waals surface area contributed by atoms with Gasteiger partial charge in [0, 0.05) is 22.7 Å². The molecule has 2 unspecified atom stereocenters. The second kappa shape index (κ2) is 10.4. The van der Waals surface area contributed by atoms with Crippen LogP contribution in [0, 0.1) is 34.6 Å². The molecule has 1 aliphatic heterocycles. The molecule has 210 valence electrons. The molecule has 0 spiro atoms. The molecular formula is C31H33BF4N2O2. The van der Waals surface area contributed by atoms with Crippen LogP contribution in [-0.2, 0) is 6.18 Å². The van der Waals surface area contributed by atoms with Crippen molar-refractivity contribution in [2.45, 2.75) is 73.4 Å². The lowest BCUT2D eigenvalue weighted by atomic mass is 9.77. The fourth-order valence-electron chi connectivity index (χ4n) is 6.65. The lowest BCUT2D eigenvalue weighted by Gasteiger charge is -2.30. The van der Waals surface area contributed by atoms with Crippen molar-refractivity contribution in [3.8, 4) is 0 Å². The van der Waals surface area contributed by atoms with Crippen molar-refractivity contribution < 1.29 is 27.4 Å². The van der Waals surface area contributed by atoms with Crippen LogP contribution in [0.1, 0.15) is 80.5 Å². The molecule has 0 aliphatic carbocycles. The van der Waals surface area contributed by atoms with Crippen LogP contribution in [0.2, 0.25) is 6.82 Å². The quantitative estimate of drug-likeness (QED) is 0.248. The van der Waals surface area contributed by atoms with Gasteiger partial charge in [-0.25, -0.2) is 4.79 Å². The minimum atomic E-state index is -4.56. The highest BCUT2D eigenvalue weighted by Crippen LogP contribution is 2.46. The molecule has 0 fully saturated rings. The highest BCUT2D eigenvalue weighted by atomic mass is 19.4. The molecule has 4 rings (SSSR count). The zero-order valence-electron chi connectivity index (χ0n) is 24.0. The summed E-state index contributed by atoms with van der Waals surface area (Å²) in [6.45, 7) is 13.9. The van der Waals surface area contributed by atoms with Crippen LogP contribution in [0.3, 0.4) is 0 Å². The van der Waals surface area contributed by atoms with Crippen molar-refractivity contribution in [2.24, 2.45) is 4.99 Å². The van der Waals surface area contributed by atoms with Crippen LogP contribution >= 0.6 is 0 Å². The van der Waals surface area contributed by atoms with Crippen molar-refractivity contribution in [1.29, 1.82) is 0 Å². The van der Waals surface area contributed by atoms with E-state index in [1.54, 1.807) is 33.8 Å². The third-order valence-electron chi connectivity index (χ3n) is 8.01. The largest absolute Gasteiger partial charge is 0.478 e. The summed E-state index contributed by atoms with van der Waals surface area (Å²) < 4.78 is 58.9. The van der Waals surface area contributed by atoms with Gasteiger partial charge in [-0.1, -0.05) is 35.9 Å². The molecule has 4 nitrogen and oxygen atoms in total. The molecule has 0 amide bonds. The van der Waals surface area contributed by atoms with Gasteiger partial charge in [0.25, 0.3) is 0 Å². The first-order valence-electron chi connectivity index (χ1n) is 13.2. The Kier molecular flexibility index (Phi) is 7.65. The first-order chi connectivity index (χ1) is 18.6. The van der Waals surface area contributed by atoms with Gasteiger partial charge in [0.2, 0.25) is 0 Å². The molecule has 0 saturated heterocycles. The maximum absolute atomic E-state index is 15.3. The smallest absolute Gasteiger partial charge is 0.461 e. The minimum absolute atomic E-state index is 0.0230. The number of rotatable bonds is 6. The van der Waals surface area contributed by atoms with Gasteiger partial charge < -0.3 is 13.9 Å². The van der Waals surface area contributed by atoms with E-state index in [4.69, 9.17) is 4.99 Å². The fraction of sp³-hybridized carbons (Fsp3) is 0.355. The SMILES string of the molecule is CB(F)n1c(C)c(C(=O)O)c(C)c1C(c1c(C)cc(C)cc1C)C1N=C(C)C(c2ccccc2C(F)(F)F)=C1C. The summed E-state index contributed by atoms with van der Waals surface area (Å²) in [7, 11) is -1.54. The molecule has 3 aromatic rings. The molecule has 0 radical (unpaired) electrons. The molecule has 40 heavy (non-hydrogen) atoms. The summed E-state index contributed by atoms with van der Waals surface area (Å²) in [6, 6.07) is 8.77.